The lowest BCUT2D eigenvalue weighted by Gasteiger charge is -2.34. The van der Waals surface area contributed by atoms with E-state index in [1.165, 1.54) is 0 Å². The third kappa shape index (κ3) is 3.53. The zero-order chi connectivity index (χ0) is 18.1. The molecule has 1 aromatic carbocycles. The summed E-state index contributed by atoms with van der Waals surface area (Å²) >= 11 is 12.0. The van der Waals surface area contributed by atoms with Gasteiger partial charge in [-0.1, -0.05) is 29.3 Å². The van der Waals surface area contributed by atoms with Crippen LogP contribution >= 0.6 is 23.2 Å². The quantitative estimate of drug-likeness (QED) is 0.690. The number of piperazine rings is 1. The van der Waals surface area contributed by atoms with Gasteiger partial charge in [0.05, 0.1) is 10.0 Å². The van der Waals surface area contributed by atoms with Crippen molar-refractivity contribution in [2.75, 3.05) is 26.2 Å². The van der Waals surface area contributed by atoms with Crippen LogP contribution in [0.5, 0.6) is 0 Å². The highest BCUT2D eigenvalue weighted by Gasteiger charge is 2.24. The Hall–Kier alpha value is -2.15. The molecular weight excluding hydrogens is 373 g/mol. The van der Waals surface area contributed by atoms with E-state index >= 15 is 0 Å². The van der Waals surface area contributed by atoms with Crippen LogP contribution in [0.1, 0.15) is 16.1 Å². The molecule has 134 valence electrons. The predicted molar refractivity (Wildman–Crippen MR) is 101 cm³/mol. The molecule has 3 heterocycles. The van der Waals surface area contributed by atoms with Crippen LogP contribution in [0, 0.1) is 0 Å². The molecule has 3 aromatic rings. The standard InChI is InChI=1S/C18H17Cl2N5O/c19-14-3-2-13(10-15(14)20)12-23-6-8-24(9-7-23)18(26)16-11-17-21-4-1-5-25(17)22-16/h1-5,10-11H,6-9,12H2. The van der Waals surface area contributed by atoms with Crippen molar-refractivity contribution in [2.24, 2.45) is 0 Å². The first kappa shape index (κ1) is 17.3. The number of carbonyl (C=O) groups is 1. The van der Waals surface area contributed by atoms with E-state index in [1.807, 2.05) is 23.1 Å². The van der Waals surface area contributed by atoms with Gasteiger partial charge < -0.3 is 4.90 Å². The number of hydrogen-bond acceptors (Lipinski definition) is 4. The topological polar surface area (TPSA) is 53.7 Å². The molecule has 0 N–H and O–H groups in total. The summed E-state index contributed by atoms with van der Waals surface area (Å²) < 4.78 is 1.62. The molecule has 26 heavy (non-hydrogen) atoms. The highest BCUT2D eigenvalue weighted by atomic mass is 35.5. The van der Waals surface area contributed by atoms with Gasteiger partial charge in [-0.25, -0.2) is 9.50 Å². The number of carbonyl (C=O) groups excluding carboxylic acids is 1. The molecule has 1 saturated heterocycles. The Morgan fingerprint density at radius 2 is 1.88 bits per heavy atom. The van der Waals surface area contributed by atoms with Gasteiger partial charge in [0, 0.05) is 51.2 Å². The summed E-state index contributed by atoms with van der Waals surface area (Å²) in [6, 6.07) is 9.21. The zero-order valence-corrected chi connectivity index (χ0v) is 15.5. The molecule has 1 aliphatic rings. The number of nitrogens with zero attached hydrogens (tertiary/aromatic N) is 5. The van der Waals surface area contributed by atoms with Crippen molar-refractivity contribution < 1.29 is 4.79 Å². The third-order valence-corrected chi connectivity index (χ3v) is 5.24. The molecule has 0 bridgehead atoms. The molecule has 8 heteroatoms. The Bertz CT molecular complexity index is 917. The Morgan fingerprint density at radius 3 is 2.62 bits per heavy atom. The summed E-state index contributed by atoms with van der Waals surface area (Å²) in [4.78, 5) is 21.0. The van der Waals surface area contributed by atoms with Crippen LogP contribution in [-0.2, 0) is 6.54 Å². The minimum absolute atomic E-state index is 0.0512. The molecule has 6 nitrogen and oxygen atoms in total. The zero-order valence-electron chi connectivity index (χ0n) is 14.0. The largest absolute Gasteiger partial charge is 0.335 e. The van der Waals surface area contributed by atoms with Gasteiger partial charge in [-0.15, -0.1) is 0 Å². The minimum atomic E-state index is -0.0512. The molecule has 0 atom stereocenters. The lowest BCUT2D eigenvalue weighted by Crippen LogP contribution is -2.48. The van der Waals surface area contributed by atoms with Gasteiger partial charge in [0.15, 0.2) is 11.3 Å². The van der Waals surface area contributed by atoms with E-state index in [1.54, 1.807) is 29.0 Å². The van der Waals surface area contributed by atoms with Crippen molar-refractivity contribution in [3.63, 3.8) is 0 Å². The highest BCUT2D eigenvalue weighted by molar-refractivity contribution is 6.42. The fraction of sp³-hybridized carbons (Fsp3) is 0.278. The molecule has 4 rings (SSSR count). The fourth-order valence-corrected chi connectivity index (χ4v) is 3.42. The molecule has 2 aromatic heterocycles. The van der Waals surface area contributed by atoms with Crippen molar-refractivity contribution >= 4 is 34.8 Å². The SMILES string of the molecule is O=C(c1cc2ncccn2n1)N1CCN(Cc2ccc(Cl)c(Cl)c2)CC1. The Morgan fingerprint density at radius 1 is 1.08 bits per heavy atom. The minimum Gasteiger partial charge on any atom is -0.335 e. The summed E-state index contributed by atoms with van der Waals surface area (Å²) in [6.07, 6.45) is 3.47. The second-order valence-electron chi connectivity index (χ2n) is 6.27. The van der Waals surface area contributed by atoms with E-state index in [4.69, 9.17) is 23.2 Å². The van der Waals surface area contributed by atoms with E-state index in [2.05, 4.69) is 15.0 Å². The summed E-state index contributed by atoms with van der Waals surface area (Å²) in [7, 11) is 0. The van der Waals surface area contributed by atoms with Gasteiger partial charge in [-0.3, -0.25) is 9.69 Å². The number of benzene rings is 1. The molecule has 0 unspecified atom stereocenters. The summed E-state index contributed by atoms with van der Waals surface area (Å²) in [6.45, 7) is 3.73. The Kier molecular flexibility index (Phi) is 4.80. The summed E-state index contributed by atoms with van der Waals surface area (Å²) in [5.41, 5.74) is 2.22. The van der Waals surface area contributed by atoms with Crippen LogP contribution in [0.4, 0.5) is 0 Å². The Balaban J connectivity index is 1.38. The average molecular weight is 390 g/mol. The smallest absolute Gasteiger partial charge is 0.274 e. The first-order valence-corrected chi connectivity index (χ1v) is 9.12. The van der Waals surface area contributed by atoms with Gasteiger partial charge in [0.25, 0.3) is 5.91 Å². The lowest BCUT2D eigenvalue weighted by atomic mass is 10.2. The van der Waals surface area contributed by atoms with E-state index in [0.717, 1.165) is 25.2 Å². The lowest BCUT2D eigenvalue weighted by molar-refractivity contribution is 0.0622. The molecule has 0 radical (unpaired) electrons. The number of hydrogen-bond donors (Lipinski definition) is 0. The maximum Gasteiger partial charge on any atom is 0.274 e. The van der Waals surface area contributed by atoms with E-state index in [9.17, 15) is 4.79 Å². The van der Waals surface area contributed by atoms with Crippen molar-refractivity contribution in [3.8, 4) is 0 Å². The van der Waals surface area contributed by atoms with Crippen LogP contribution in [-0.4, -0.2) is 56.5 Å². The van der Waals surface area contributed by atoms with Crippen LogP contribution in [0.15, 0.2) is 42.7 Å². The molecule has 0 saturated carbocycles. The maximum atomic E-state index is 12.7. The second-order valence-corrected chi connectivity index (χ2v) is 7.08. The van der Waals surface area contributed by atoms with Crippen molar-refractivity contribution in [2.45, 2.75) is 6.54 Å². The highest BCUT2D eigenvalue weighted by Crippen LogP contribution is 2.23. The van der Waals surface area contributed by atoms with Crippen LogP contribution in [0.3, 0.4) is 0 Å². The van der Waals surface area contributed by atoms with E-state index < -0.39 is 0 Å². The molecule has 0 spiro atoms. The number of amides is 1. The first-order valence-electron chi connectivity index (χ1n) is 8.36. The molecule has 1 amide bonds. The third-order valence-electron chi connectivity index (χ3n) is 4.50. The number of fused-ring (bicyclic) bond motifs is 1. The average Bonchev–Trinajstić information content (AvgIpc) is 3.09. The normalized spacial score (nSPS) is 15.5. The van der Waals surface area contributed by atoms with Crippen LogP contribution < -0.4 is 0 Å². The number of rotatable bonds is 3. The maximum absolute atomic E-state index is 12.7. The monoisotopic (exact) mass is 389 g/mol. The van der Waals surface area contributed by atoms with E-state index in [-0.39, 0.29) is 5.91 Å². The first-order chi connectivity index (χ1) is 12.6. The summed E-state index contributed by atoms with van der Waals surface area (Å²) in [5.74, 6) is -0.0512. The van der Waals surface area contributed by atoms with Crippen LogP contribution in [0.2, 0.25) is 10.0 Å². The number of aromatic nitrogens is 3. The van der Waals surface area contributed by atoms with Crippen molar-refractivity contribution in [1.29, 1.82) is 0 Å². The second kappa shape index (κ2) is 7.23. The van der Waals surface area contributed by atoms with Gasteiger partial charge in [-0.05, 0) is 23.8 Å². The van der Waals surface area contributed by atoms with Crippen LogP contribution in [0.25, 0.3) is 5.65 Å². The van der Waals surface area contributed by atoms with Crippen molar-refractivity contribution in [3.05, 3.63) is 64.0 Å². The van der Waals surface area contributed by atoms with Gasteiger partial charge in [0.1, 0.15) is 0 Å². The van der Waals surface area contributed by atoms with Gasteiger partial charge in [-0.2, -0.15) is 5.10 Å². The van der Waals surface area contributed by atoms with Crippen molar-refractivity contribution in [1.82, 2.24) is 24.4 Å². The number of halogens is 2. The molecule has 1 fully saturated rings. The van der Waals surface area contributed by atoms with Gasteiger partial charge in [0.2, 0.25) is 0 Å². The van der Waals surface area contributed by atoms with Gasteiger partial charge >= 0.3 is 0 Å². The predicted octanol–water partition coefficient (Wildman–Crippen LogP) is 2.99. The molecule has 1 aliphatic heterocycles. The summed E-state index contributed by atoms with van der Waals surface area (Å²) in [5, 5.41) is 5.45. The molecular formula is C18H17Cl2N5O. The fourth-order valence-electron chi connectivity index (χ4n) is 3.10. The Labute approximate surface area is 160 Å². The van der Waals surface area contributed by atoms with E-state index in [0.29, 0.717) is 34.5 Å². The molecule has 0 aliphatic carbocycles.